The van der Waals surface area contributed by atoms with Crippen molar-refractivity contribution in [2.75, 3.05) is 0 Å². The van der Waals surface area contributed by atoms with Crippen LogP contribution in [0.2, 0.25) is 0 Å². The second-order valence-electron chi connectivity index (χ2n) is 4.69. The Hall–Kier alpha value is -1.82. The van der Waals surface area contributed by atoms with Crippen molar-refractivity contribution in [3.05, 3.63) is 58.7 Å². The Morgan fingerprint density at radius 1 is 0.824 bits per heavy atom. The van der Waals surface area contributed by atoms with Gasteiger partial charge in [0.25, 0.3) is 0 Å². The average Bonchev–Trinajstić information content (AvgIpc) is 2.67. The molecule has 1 aromatic carbocycles. The molecule has 0 N–H and O–H groups in total. The van der Waals surface area contributed by atoms with Gasteiger partial charge >= 0.3 is 0 Å². The second kappa shape index (κ2) is 4.21. The lowest BCUT2D eigenvalue weighted by atomic mass is 9.96. The fraction of sp³-hybridized carbons (Fsp3) is 0.176. The molecule has 0 nitrogen and oxygen atoms in total. The highest BCUT2D eigenvalue weighted by atomic mass is 14.1. The standard InChI is InChI=1S/C17H16/c1-13-7-9-15-11-10-14-5-3-2-4-6-16(14)17(15)12-8-13/h3-13H,2H2,1H3/t13-/m1/s1. The van der Waals surface area contributed by atoms with Crippen LogP contribution in [0.15, 0.2) is 36.4 Å². The smallest absolute Gasteiger partial charge is 0.00752 e. The van der Waals surface area contributed by atoms with Crippen LogP contribution in [0.4, 0.5) is 0 Å². The fourth-order valence-corrected chi connectivity index (χ4v) is 2.36. The lowest BCUT2D eigenvalue weighted by Crippen LogP contribution is -1.89. The van der Waals surface area contributed by atoms with Gasteiger partial charge in [0.2, 0.25) is 0 Å². The van der Waals surface area contributed by atoms with Crippen molar-refractivity contribution < 1.29 is 0 Å². The fourth-order valence-electron chi connectivity index (χ4n) is 2.36. The van der Waals surface area contributed by atoms with Gasteiger partial charge in [-0.3, -0.25) is 0 Å². The van der Waals surface area contributed by atoms with Crippen LogP contribution >= 0.6 is 0 Å². The minimum atomic E-state index is 0.517. The molecule has 0 bridgehead atoms. The van der Waals surface area contributed by atoms with Crippen LogP contribution < -0.4 is 0 Å². The number of fused-ring (bicyclic) bond motifs is 3. The van der Waals surface area contributed by atoms with Crippen molar-refractivity contribution >= 4 is 24.3 Å². The Labute approximate surface area is 103 Å². The topological polar surface area (TPSA) is 0 Å². The molecule has 2 aliphatic carbocycles. The van der Waals surface area contributed by atoms with E-state index in [0.29, 0.717) is 5.92 Å². The summed E-state index contributed by atoms with van der Waals surface area (Å²) < 4.78 is 0. The molecule has 0 aliphatic heterocycles. The van der Waals surface area contributed by atoms with E-state index in [-0.39, 0.29) is 0 Å². The third-order valence-corrected chi connectivity index (χ3v) is 3.35. The van der Waals surface area contributed by atoms with Gasteiger partial charge in [-0.2, -0.15) is 0 Å². The maximum absolute atomic E-state index is 2.27. The predicted molar refractivity (Wildman–Crippen MR) is 76.4 cm³/mol. The quantitative estimate of drug-likeness (QED) is 0.589. The maximum atomic E-state index is 2.27. The molecule has 0 unspecified atom stereocenters. The third kappa shape index (κ3) is 1.91. The van der Waals surface area contributed by atoms with Crippen LogP contribution in [0.1, 0.15) is 35.6 Å². The highest BCUT2D eigenvalue weighted by Gasteiger charge is 2.09. The summed E-state index contributed by atoms with van der Waals surface area (Å²) >= 11 is 0. The van der Waals surface area contributed by atoms with Crippen LogP contribution in [0.5, 0.6) is 0 Å². The monoisotopic (exact) mass is 220 g/mol. The van der Waals surface area contributed by atoms with Crippen LogP contribution in [0.3, 0.4) is 0 Å². The molecule has 2 aliphatic rings. The van der Waals surface area contributed by atoms with Crippen LogP contribution in [-0.4, -0.2) is 0 Å². The van der Waals surface area contributed by atoms with Crippen molar-refractivity contribution in [2.24, 2.45) is 5.92 Å². The molecule has 0 heterocycles. The van der Waals surface area contributed by atoms with E-state index in [9.17, 15) is 0 Å². The van der Waals surface area contributed by atoms with Crippen molar-refractivity contribution in [2.45, 2.75) is 13.3 Å². The van der Waals surface area contributed by atoms with Gasteiger partial charge in [-0.25, -0.2) is 0 Å². The predicted octanol–water partition coefficient (Wildman–Crippen LogP) is 4.79. The van der Waals surface area contributed by atoms with E-state index in [1.54, 1.807) is 0 Å². The first-order valence-electron chi connectivity index (χ1n) is 6.21. The van der Waals surface area contributed by atoms with Crippen LogP contribution in [0, 0.1) is 5.92 Å². The summed E-state index contributed by atoms with van der Waals surface area (Å²) in [7, 11) is 0. The van der Waals surface area contributed by atoms with Gasteiger partial charge in [0.15, 0.2) is 0 Å². The van der Waals surface area contributed by atoms with Gasteiger partial charge in [0.05, 0.1) is 0 Å². The first kappa shape index (κ1) is 10.3. The number of hydrogen-bond donors (Lipinski definition) is 0. The van der Waals surface area contributed by atoms with Gasteiger partial charge in [-0.1, -0.05) is 67.7 Å². The number of allylic oxidation sites excluding steroid dienone is 4. The summed E-state index contributed by atoms with van der Waals surface area (Å²) in [5, 5.41) is 0. The summed E-state index contributed by atoms with van der Waals surface area (Å²) in [6.45, 7) is 2.22. The van der Waals surface area contributed by atoms with Crippen LogP contribution in [-0.2, 0) is 0 Å². The van der Waals surface area contributed by atoms with E-state index >= 15 is 0 Å². The van der Waals surface area contributed by atoms with Gasteiger partial charge in [0, 0.05) is 0 Å². The molecule has 0 saturated heterocycles. The number of rotatable bonds is 0. The largest absolute Gasteiger partial charge is 0.0801 e. The van der Waals surface area contributed by atoms with E-state index in [1.165, 1.54) is 22.3 Å². The molecule has 3 rings (SSSR count). The van der Waals surface area contributed by atoms with Crippen molar-refractivity contribution in [1.82, 2.24) is 0 Å². The molecule has 0 spiro atoms. The molecule has 1 aromatic rings. The zero-order valence-corrected chi connectivity index (χ0v) is 10.1. The van der Waals surface area contributed by atoms with E-state index in [2.05, 4.69) is 67.7 Å². The summed E-state index contributed by atoms with van der Waals surface area (Å²) in [5.41, 5.74) is 5.35. The average molecular weight is 220 g/mol. The van der Waals surface area contributed by atoms with Gasteiger partial charge < -0.3 is 0 Å². The Bertz CT molecular complexity index is 554. The van der Waals surface area contributed by atoms with Gasteiger partial charge in [-0.15, -0.1) is 0 Å². The van der Waals surface area contributed by atoms with Gasteiger partial charge in [0.1, 0.15) is 0 Å². The molecule has 1 atom stereocenters. The molecule has 84 valence electrons. The third-order valence-electron chi connectivity index (χ3n) is 3.35. The molecular formula is C17H16. The normalized spacial score (nSPS) is 20.6. The zero-order valence-electron chi connectivity index (χ0n) is 10.1. The van der Waals surface area contributed by atoms with E-state index < -0.39 is 0 Å². The lowest BCUT2D eigenvalue weighted by Gasteiger charge is -2.09. The number of benzene rings is 1. The summed E-state index contributed by atoms with van der Waals surface area (Å²) in [5.74, 6) is 0.517. The second-order valence-corrected chi connectivity index (χ2v) is 4.69. The molecular weight excluding hydrogens is 204 g/mol. The zero-order chi connectivity index (χ0) is 11.7. The lowest BCUT2D eigenvalue weighted by molar-refractivity contribution is 0.954. The molecule has 0 radical (unpaired) electrons. The molecule has 17 heavy (non-hydrogen) atoms. The molecule has 0 heteroatoms. The molecule has 0 amide bonds. The highest BCUT2D eigenvalue weighted by Crippen LogP contribution is 2.29. The van der Waals surface area contributed by atoms with Crippen molar-refractivity contribution in [1.29, 1.82) is 0 Å². The summed E-state index contributed by atoms with van der Waals surface area (Å²) in [4.78, 5) is 0. The number of hydrogen-bond acceptors (Lipinski definition) is 0. The minimum Gasteiger partial charge on any atom is -0.0801 e. The minimum absolute atomic E-state index is 0.517. The SMILES string of the molecule is C[C@@H]1C=Cc2ccc3c(c2C=C1)C=CCC=C3. The Balaban J connectivity index is 2.25. The first-order valence-corrected chi connectivity index (χ1v) is 6.21. The molecule has 0 fully saturated rings. The van der Waals surface area contributed by atoms with E-state index in [4.69, 9.17) is 0 Å². The Morgan fingerprint density at radius 2 is 1.47 bits per heavy atom. The first-order chi connectivity index (χ1) is 8.34. The van der Waals surface area contributed by atoms with Crippen LogP contribution in [0.25, 0.3) is 24.3 Å². The van der Waals surface area contributed by atoms with Crippen molar-refractivity contribution in [3.63, 3.8) is 0 Å². The van der Waals surface area contributed by atoms with Crippen molar-refractivity contribution in [3.8, 4) is 0 Å². The molecule has 0 saturated carbocycles. The van der Waals surface area contributed by atoms with E-state index in [0.717, 1.165) is 6.42 Å². The maximum Gasteiger partial charge on any atom is -0.00752 e. The highest BCUT2D eigenvalue weighted by molar-refractivity contribution is 5.81. The molecule has 0 aromatic heterocycles. The van der Waals surface area contributed by atoms with E-state index in [1.807, 2.05) is 0 Å². The van der Waals surface area contributed by atoms with Gasteiger partial charge in [-0.05, 0) is 34.6 Å². The Kier molecular flexibility index (Phi) is 2.56. The Morgan fingerprint density at radius 3 is 2.35 bits per heavy atom. The summed E-state index contributed by atoms with van der Waals surface area (Å²) in [6, 6.07) is 4.44. The summed E-state index contributed by atoms with van der Waals surface area (Å²) in [6.07, 6.45) is 19.0.